The van der Waals surface area contributed by atoms with Crippen molar-refractivity contribution in [2.24, 2.45) is 5.73 Å². The van der Waals surface area contributed by atoms with Gasteiger partial charge in [0.2, 0.25) is 0 Å². The molecular formula is C12H19NO2S. The number of benzene rings is 1. The van der Waals surface area contributed by atoms with E-state index < -0.39 is 0 Å². The van der Waals surface area contributed by atoms with Gasteiger partial charge in [-0.2, -0.15) is 0 Å². The Bertz CT molecular complexity index is 318. The molecule has 16 heavy (non-hydrogen) atoms. The Kier molecular flexibility index (Phi) is 6.30. The highest BCUT2D eigenvalue weighted by atomic mass is 32.2. The van der Waals surface area contributed by atoms with Crippen LogP contribution in [0, 0.1) is 0 Å². The van der Waals surface area contributed by atoms with Gasteiger partial charge in [-0.25, -0.2) is 0 Å². The van der Waals surface area contributed by atoms with Crippen molar-refractivity contribution < 1.29 is 9.47 Å². The first-order valence-corrected chi connectivity index (χ1v) is 6.29. The molecule has 0 radical (unpaired) electrons. The monoisotopic (exact) mass is 241 g/mol. The average Bonchev–Trinajstić information content (AvgIpc) is 2.34. The zero-order chi connectivity index (χ0) is 11.8. The topological polar surface area (TPSA) is 44.5 Å². The Hall–Kier alpha value is -0.710. The predicted molar refractivity (Wildman–Crippen MR) is 68.1 cm³/mol. The molecule has 0 aliphatic carbocycles. The summed E-state index contributed by atoms with van der Waals surface area (Å²) in [5.41, 5.74) is 6.86. The second-order valence-corrected chi connectivity index (χ2v) is 4.51. The van der Waals surface area contributed by atoms with E-state index in [1.165, 1.54) is 10.5 Å². The Labute approximate surface area is 101 Å². The number of hydrogen-bond acceptors (Lipinski definition) is 4. The third kappa shape index (κ3) is 4.04. The van der Waals surface area contributed by atoms with Crippen molar-refractivity contribution in [1.82, 2.24) is 0 Å². The van der Waals surface area contributed by atoms with Crippen LogP contribution in [0.25, 0.3) is 0 Å². The lowest BCUT2D eigenvalue weighted by Crippen LogP contribution is -1.99. The average molecular weight is 241 g/mol. The Morgan fingerprint density at radius 1 is 1.31 bits per heavy atom. The highest BCUT2D eigenvalue weighted by Crippen LogP contribution is 2.27. The molecule has 4 heteroatoms. The quantitative estimate of drug-likeness (QED) is 0.587. The summed E-state index contributed by atoms with van der Waals surface area (Å²) < 4.78 is 10.2. The van der Waals surface area contributed by atoms with E-state index in [2.05, 4.69) is 0 Å². The van der Waals surface area contributed by atoms with Crippen LogP contribution in [0.5, 0.6) is 5.75 Å². The number of rotatable bonds is 7. The molecule has 0 saturated carbocycles. The van der Waals surface area contributed by atoms with Gasteiger partial charge in [0.1, 0.15) is 5.75 Å². The number of ether oxygens (including phenoxy) is 2. The summed E-state index contributed by atoms with van der Waals surface area (Å²) in [5, 5.41) is 0. The van der Waals surface area contributed by atoms with Crippen LogP contribution in [-0.4, -0.2) is 26.6 Å². The molecule has 0 bridgehead atoms. The van der Waals surface area contributed by atoms with Crippen molar-refractivity contribution in [2.75, 3.05) is 26.6 Å². The fraction of sp³-hybridized carbons (Fsp3) is 0.500. The maximum Gasteiger partial charge on any atom is 0.119 e. The smallest absolute Gasteiger partial charge is 0.119 e. The zero-order valence-corrected chi connectivity index (χ0v) is 10.7. The lowest BCUT2D eigenvalue weighted by atomic mass is 10.2. The second-order valence-electron chi connectivity index (χ2n) is 3.37. The van der Waals surface area contributed by atoms with E-state index >= 15 is 0 Å². The summed E-state index contributed by atoms with van der Waals surface area (Å²) in [5.74, 6) is 1.92. The SMILES string of the molecule is COCCCSc1cc(OC)ccc1CN. The fourth-order valence-corrected chi connectivity index (χ4v) is 2.37. The Morgan fingerprint density at radius 3 is 2.75 bits per heavy atom. The minimum atomic E-state index is 0.566. The van der Waals surface area contributed by atoms with E-state index in [1.54, 1.807) is 26.0 Å². The van der Waals surface area contributed by atoms with Crippen molar-refractivity contribution in [3.05, 3.63) is 23.8 Å². The van der Waals surface area contributed by atoms with Crippen molar-refractivity contribution in [1.29, 1.82) is 0 Å². The van der Waals surface area contributed by atoms with Gasteiger partial charge in [0.25, 0.3) is 0 Å². The molecule has 1 aromatic carbocycles. The molecule has 2 N–H and O–H groups in total. The minimum absolute atomic E-state index is 0.566. The molecule has 0 aromatic heterocycles. The summed E-state index contributed by atoms with van der Waals surface area (Å²) in [6.45, 7) is 1.37. The fourth-order valence-electron chi connectivity index (χ4n) is 1.35. The molecular weight excluding hydrogens is 222 g/mol. The van der Waals surface area contributed by atoms with Gasteiger partial charge < -0.3 is 15.2 Å². The largest absolute Gasteiger partial charge is 0.497 e. The molecule has 3 nitrogen and oxygen atoms in total. The van der Waals surface area contributed by atoms with Gasteiger partial charge in [-0.1, -0.05) is 6.07 Å². The normalized spacial score (nSPS) is 10.4. The van der Waals surface area contributed by atoms with Crippen LogP contribution in [0.1, 0.15) is 12.0 Å². The van der Waals surface area contributed by atoms with Crippen molar-refractivity contribution in [3.63, 3.8) is 0 Å². The first kappa shape index (κ1) is 13.4. The van der Waals surface area contributed by atoms with Crippen LogP contribution in [0.15, 0.2) is 23.1 Å². The summed E-state index contributed by atoms with van der Waals surface area (Å²) >= 11 is 1.80. The highest BCUT2D eigenvalue weighted by molar-refractivity contribution is 7.99. The molecule has 0 aliphatic heterocycles. The Balaban J connectivity index is 2.60. The number of methoxy groups -OCH3 is 2. The zero-order valence-electron chi connectivity index (χ0n) is 9.86. The van der Waals surface area contributed by atoms with Gasteiger partial charge >= 0.3 is 0 Å². The maximum absolute atomic E-state index is 5.69. The number of hydrogen-bond donors (Lipinski definition) is 1. The number of nitrogens with two attached hydrogens (primary N) is 1. The lowest BCUT2D eigenvalue weighted by Gasteiger charge is -2.09. The standard InChI is InChI=1S/C12H19NO2S/c1-14-6-3-7-16-12-8-11(15-2)5-4-10(12)9-13/h4-5,8H,3,6-7,9,13H2,1-2H3. The minimum Gasteiger partial charge on any atom is -0.497 e. The third-order valence-corrected chi connectivity index (χ3v) is 3.43. The van der Waals surface area contributed by atoms with Gasteiger partial charge in [-0.15, -0.1) is 11.8 Å². The molecule has 0 atom stereocenters. The van der Waals surface area contributed by atoms with Crippen LogP contribution in [0.4, 0.5) is 0 Å². The van der Waals surface area contributed by atoms with Gasteiger partial charge in [0.05, 0.1) is 7.11 Å². The van der Waals surface area contributed by atoms with E-state index in [4.69, 9.17) is 15.2 Å². The first-order chi connectivity index (χ1) is 7.81. The van der Waals surface area contributed by atoms with Crippen LogP contribution < -0.4 is 10.5 Å². The maximum atomic E-state index is 5.69. The Morgan fingerprint density at radius 2 is 2.12 bits per heavy atom. The van der Waals surface area contributed by atoms with E-state index in [0.717, 1.165) is 24.5 Å². The summed E-state index contributed by atoms with van der Waals surface area (Å²) in [6.07, 6.45) is 1.04. The predicted octanol–water partition coefficient (Wildman–Crippen LogP) is 2.28. The van der Waals surface area contributed by atoms with E-state index in [9.17, 15) is 0 Å². The molecule has 0 spiro atoms. The summed E-state index contributed by atoms with van der Waals surface area (Å²) in [7, 11) is 3.40. The third-order valence-electron chi connectivity index (χ3n) is 2.24. The molecule has 0 heterocycles. The van der Waals surface area contributed by atoms with Crippen LogP contribution in [0.2, 0.25) is 0 Å². The molecule has 1 aromatic rings. The molecule has 90 valence electrons. The van der Waals surface area contributed by atoms with E-state index in [0.29, 0.717) is 6.54 Å². The first-order valence-electron chi connectivity index (χ1n) is 5.30. The molecule has 0 fully saturated rings. The van der Waals surface area contributed by atoms with Crippen molar-refractivity contribution >= 4 is 11.8 Å². The second kappa shape index (κ2) is 7.54. The number of thioether (sulfide) groups is 1. The summed E-state index contributed by atoms with van der Waals surface area (Å²) in [6, 6.07) is 6.01. The van der Waals surface area contributed by atoms with Gasteiger partial charge in [0, 0.05) is 30.9 Å². The molecule has 0 saturated heterocycles. The lowest BCUT2D eigenvalue weighted by molar-refractivity contribution is 0.200. The van der Waals surface area contributed by atoms with Gasteiger partial charge in [-0.3, -0.25) is 0 Å². The van der Waals surface area contributed by atoms with Gasteiger partial charge in [-0.05, 0) is 24.1 Å². The molecule has 0 unspecified atom stereocenters. The van der Waals surface area contributed by atoms with Crippen LogP contribution in [0.3, 0.4) is 0 Å². The van der Waals surface area contributed by atoms with Crippen LogP contribution >= 0.6 is 11.8 Å². The van der Waals surface area contributed by atoms with E-state index in [-0.39, 0.29) is 0 Å². The van der Waals surface area contributed by atoms with Gasteiger partial charge in [0.15, 0.2) is 0 Å². The molecule has 0 amide bonds. The summed E-state index contributed by atoms with van der Waals surface area (Å²) in [4.78, 5) is 1.21. The molecule has 1 rings (SSSR count). The van der Waals surface area contributed by atoms with Crippen LogP contribution in [-0.2, 0) is 11.3 Å². The van der Waals surface area contributed by atoms with Crippen molar-refractivity contribution in [2.45, 2.75) is 17.9 Å². The highest BCUT2D eigenvalue weighted by Gasteiger charge is 2.03. The van der Waals surface area contributed by atoms with E-state index in [1.807, 2.05) is 18.2 Å². The molecule has 0 aliphatic rings. The van der Waals surface area contributed by atoms with Crippen molar-refractivity contribution in [3.8, 4) is 5.75 Å².